The highest BCUT2D eigenvalue weighted by Gasteiger charge is 2.16. The van der Waals surface area contributed by atoms with E-state index in [0.29, 0.717) is 22.1 Å². The third-order valence-electron chi connectivity index (χ3n) is 4.12. The normalized spacial score (nSPS) is 10.8. The van der Waals surface area contributed by atoms with Crippen LogP contribution in [0, 0.1) is 12.7 Å². The van der Waals surface area contributed by atoms with Crippen LogP contribution in [-0.2, 0) is 6.54 Å². The van der Waals surface area contributed by atoms with E-state index in [-0.39, 0.29) is 11.7 Å². The first kappa shape index (κ1) is 18.5. The second-order valence-electron chi connectivity index (χ2n) is 6.12. The van der Waals surface area contributed by atoms with Crippen LogP contribution in [-0.4, -0.2) is 15.9 Å². The molecule has 0 unspecified atom stereocenters. The summed E-state index contributed by atoms with van der Waals surface area (Å²) in [6.45, 7) is 2.16. The zero-order chi connectivity index (χ0) is 19.5. The second-order valence-corrected chi connectivity index (χ2v) is 8.06. The number of aromatic nitrogens is 2. The summed E-state index contributed by atoms with van der Waals surface area (Å²) < 4.78 is 13.1. The van der Waals surface area contributed by atoms with Crippen LogP contribution in [0.2, 0.25) is 0 Å². The lowest BCUT2D eigenvalue weighted by Gasteiger charge is -2.01. The third kappa shape index (κ3) is 4.00. The van der Waals surface area contributed by atoms with Crippen molar-refractivity contribution in [1.82, 2.24) is 15.3 Å². The van der Waals surface area contributed by atoms with Crippen LogP contribution in [0.1, 0.15) is 20.4 Å². The molecule has 2 aromatic heterocycles. The average molecular weight is 410 g/mol. The molecule has 0 aliphatic heterocycles. The number of aryl methyl sites for hydroxylation is 1. The fraction of sp³-hybridized carbons (Fsp3) is 0.0952. The molecule has 4 nitrogen and oxygen atoms in total. The maximum absolute atomic E-state index is 13.1. The van der Waals surface area contributed by atoms with E-state index in [1.54, 1.807) is 19.1 Å². The largest absolute Gasteiger partial charge is 0.345 e. The van der Waals surface area contributed by atoms with Crippen molar-refractivity contribution in [3.63, 3.8) is 0 Å². The molecule has 1 N–H and O–H groups in total. The number of hydrogen-bond acceptors (Lipinski definition) is 5. The van der Waals surface area contributed by atoms with Gasteiger partial charge in [0.2, 0.25) is 0 Å². The summed E-state index contributed by atoms with van der Waals surface area (Å²) in [5.41, 5.74) is 3.41. The fourth-order valence-corrected chi connectivity index (χ4v) is 4.42. The predicted molar refractivity (Wildman–Crippen MR) is 111 cm³/mol. The monoisotopic (exact) mass is 409 g/mol. The molecule has 2 heterocycles. The van der Waals surface area contributed by atoms with Crippen molar-refractivity contribution in [2.24, 2.45) is 0 Å². The maximum Gasteiger partial charge on any atom is 0.263 e. The van der Waals surface area contributed by atoms with Crippen LogP contribution >= 0.6 is 22.7 Å². The zero-order valence-electron chi connectivity index (χ0n) is 15.0. The molecule has 0 aliphatic rings. The minimum atomic E-state index is -0.298. The predicted octanol–water partition coefficient (Wildman–Crippen LogP) is 5.31. The standard InChI is InChI=1S/C21H16FN3OS2/c1-13-19(28-21(24-13)15-7-9-16(22)10-8-15)20(26)23-11-18-25-17(12-27-18)14-5-3-2-4-6-14/h2-10,12H,11H2,1H3,(H,23,26). The van der Waals surface area contributed by atoms with E-state index in [1.165, 1.54) is 34.8 Å². The Hall–Kier alpha value is -2.90. The van der Waals surface area contributed by atoms with Crippen LogP contribution < -0.4 is 5.32 Å². The van der Waals surface area contributed by atoms with Gasteiger partial charge in [-0.05, 0) is 31.2 Å². The van der Waals surface area contributed by atoms with Gasteiger partial charge in [0, 0.05) is 16.5 Å². The molecule has 0 spiro atoms. The number of carbonyl (C=O) groups excluding carboxylic acids is 1. The van der Waals surface area contributed by atoms with Gasteiger partial charge in [-0.3, -0.25) is 4.79 Å². The van der Waals surface area contributed by atoms with Crippen molar-refractivity contribution >= 4 is 28.6 Å². The molecular weight excluding hydrogens is 393 g/mol. The van der Waals surface area contributed by atoms with Gasteiger partial charge in [0.1, 0.15) is 20.7 Å². The van der Waals surface area contributed by atoms with Gasteiger partial charge in [0.25, 0.3) is 5.91 Å². The van der Waals surface area contributed by atoms with Gasteiger partial charge in [-0.25, -0.2) is 14.4 Å². The molecule has 4 rings (SSSR count). The molecule has 0 saturated heterocycles. The Morgan fingerprint density at radius 3 is 2.54 bits per heavy atom. The summed E-state index contributed by atoms with van der Waals surface area (Å²) in [5, 5.41) is 6.44. The summed E-state index contributed by atoms with van der Waals surface area (Å²) in [7, 11) is 0. The maximum atomic E-state index is 13.1. The van der Waals surface area contributed by atoms with E-state index in [9.17, 15) is 9.18 Å². The molecule has 7 heteroatoms. The summed E-state index contributed by atoms with van der Waals surface area (Å²) in [6.07, 6.45) is 0. The number of benzene rings is 2. The highest BCUT2D eigenvalue weighted by molar-refractivity contribution is 7.17. The van der Waals surface area contributed by atoms with Gasteiger partial charge >= 0.3 is 0 Å². The lowest BCUT2D eigenvalue weighted by Crippen LogP contribution is -2.22. The number of nitrogens with one attached hydrogen (secondary N) is 1. The van der Waals surface area contributed by atoms with Crippen molar-refractivity contribution in [2.75, 3.05) is 0 Å². The summed E-state index contributed by atoms with van der Waals surface area (Å²) >= 11 is 2.82. The SMILES string of the molecule is Cc1nc(-c2ccc(F)cc2)sc1C(=O)NCc1nc(-c2ccccc2)cs1. The smallest absolute Gasteiger partial charge is 0.263 e. The average Bonchev–Trinajstić information content (AvgIpc) is 3.34. The molecular formula is C21H16FN3OS2. The number of thiazole rings is 2. The van der Waals surface area contributed by atoms with Crippen molar-refractivity contribution in [1.29, 1.82) is 0 Å². The Morgan fingerprint density at radius 2 is 1.79 bits per heavy atom. The molecule has 0 fully saturated rings. The fourth-order valence-electron chi connectivity index (χ4n) is 2.69. The van der Waals surface area contributed by atoms with E-state index in [2.05, 4.69) is 15.3 Å². The van der Waals surface area contributed by atoms with Crippen LogP contribution in [0.5, 0.6) is 0 Å². The van der Waals surface area contributed by atoms with Gasteiger partial charge in [-0.2, -0.15) is 0 Å². The number of amides is 1. The lowest BCUT2D eigenvalue weighted by atomic mass is 10.2. The van der Waals surface area contributed by atoms with Crippen LogP contribution in [0.25, 0.3) is 21.8 Å². The van der Waals surface area contributed by atoms with E-state index in [1.807, 2.05) is 35.7 Å². The van der Waals surface area contributed by atoms with Crippen molar-refractivity contribution in [3.05, 3.63) is 81.4 Å². The topological polar surface area (TPSA) is 54.9 Å². The number of nitrogens with zero attached hydrogens (tertiary/aromatic N) is 2. The molecule has 0 aliphatic carbocycles. The molecule has 0 radical (unpaired) electrons. The Labute approximate surface area is 169 Å². The summed E-state index contributed by atoms with van der Waals surface area (Å²) in [6, 6.07) is 16.0. The minimum absolute atomic E-state index is 0.181. The first-order valence-electron chi connectivity index (χ1n) is 8.61. The number of hydrogen-bond donors (Lipinski definition) is 1. The summed E-state index contributed by atoms with van der Waals surface area (Å²) in [5.74, 6) is -0.479. The molecule has 28 heavy (non-hydrogen) atoms. The Bertz CT molecular complexity index is 1100. The third-order valence-corrected chi connectivity index (χ3v) is 6.17. The van der Waals surface area contributed by atoms with Gasteiger partial charge < -0.3 is 5.32 Å². The molecule has 0 atom stereocenters. The summed E-state index contributed by atoms with van der Waals surface area (Å²) in [4.78, 5) is 22.2. The Balaban J connectivity index is 1.44. The van der Waals surface area contributed by atoms with Gasteiger partial charge in [0.05, 0.1) is 17.9 Å². The van der Waals surface area contributed by atoms with Gasteiger partial charge in [0.15, 0.2) is 0 Å². The quantitative estimate of drug-likeness (QED) is 0.486. The highest BCUT2D eigenvalue weighted by Crippen LogP contribution is 2.28. The zero-order valence-corrected chi connectivity index (χ0v) is 16.6. The van der Waals surface area contributed by atoms with Crippen molar-refractivity contribution < 1.29 is 9.18 Å². The molecule has 1 amide bonds. The first-order chi connectivity index (χ1) is 13.6. The van der Waals surface area contributed by atoms with E-state index in [4.69, 9.17) is 0 Å². The first-order valence-corrected chi connectivity index (χ1v) is 10.3. The molecule has 2 aromatic carbocycles. The van der Waals surface area contributed by atoms with E-state index in [0.717, 1.165) is 21.8 Å². The van der Waals surface area contributed by atoms with Crippen LogP contribution in [0.3, 0.4) is 0 Å². The molecule has 0 saturated carbocycles. The second kappa shape index (κ2) is 8.00. The van der Waals surface area contributed by atoms with Crippen molar-refractivity contribution in [3.8, 4) is 21.8 Å². The lowest BCUT2D eigenvalue weighted by molar-refractivity contribution is 0.0954. The van der Waals surface area contributed by atoms with E-state index >= 15 is 0 Å². The van der Waals surface area contributed by atoms with Gasteiger partial charge in [-0.1, -0.05) is 30.3 Å². The van der Waals surface area contributed by atoms with E-state index < -0.39 is 0 Å². The number of halogens is 1. The van der Waals surface area contributed by atoms with Crippen LogP contribution in [0.15, 0.2) is 60.0 Å². The molecule has 140 valence electrons. The molecule has 4 aromatic rings. The number of rotatable bonds is 5. The number of carbonyl (C=O) groups is 1. The van der Waals surface area contributed by atoms with Crippen molar-refractivity contribution in [2.45, 2.75) is 13.5 Å². The van der Waals surface area contributed by atoms with Gasteiger partial charge in [-0.15, -0.1) is 22.7 Å². The minimum Gasteiger partial charge on any atom is -0.345 e. The molecule has 0 bridgehead atoms. The Morgan fingerprint density at radius 1 is 1.04 bits per heavy atom. The Kier molecular flexibility index (Phi) is 5.27. The highest BCUT2D eigenvalue weighted by atomic mass is 32.1. The van der Waals surface area contributed by atoms with Crippen LogP contribution in [0.4, 0.5) is 4.39 Å².